The Labute approximate surface area is 121 Å². The highest BCUT2D eigenvalue weighted by atomic mass is 16.4. The molecule has 0 bridgehead atoms. The zero-order chi connectivity index (χ0) is 15.2. The molecule has 0 radical (unpaired) electrons. The van der Waals surface area contributed by atoms with Gasteiger partial charge >= 0.3 is 5.97 Å². The number of aromatic carboxylic acids is 1. The molecule has 4 nitrogen and oxygen atoms in total. The Morgan fingerprint density at radius 2 is 1.33 bits per heavy atom. The van der Waals surface area contributed by atoms with Crippen LogP contribution in [0.3, 0.4) is 0 Å². The highest BCUT2D eigenvalue weighted by Crippen LogP contribution is 2.09. The Hall–Kier alpha value is -3.01. The summed E-state index contributed by atoms with van der Waals surface area (Å²) >= 11 is 0. The number of hydrogen-bond acceptors (Lipinski definition) is 3. The number of carbonyl (C=O) groups is 3. The van der Waals surface area contributed by atoms with Crippen molar-refractivity contribution >= 4 is 24.1 Å². The number of hydrogen-bond donors (Lipinski definition) is 1. The minimum absolute atomic E-state index is 0.139. The average Bonchev–Trinajstić information content (AvgIpc) is 2.53. The van der Waals surface area contributed by atoms with E-state index in [1.165, 1.54) is 30.3 Å². The second kappa shape index (κ2) is 6.43. The first-order valence-electron chi connectivity index (χ1n) is 6.21. The van der Waals surface area contributed by atoms with Crippen LogP contribution in [0.4, 0.5) is 0 Å². The molecule has 0 fully saturated rings. The van der Waals surface area contributed by atoms with Gasteiger partial charge in [0, 0.05) is 11.1 Å². The van der Waals surface area contributed by atoms with Gasteiger partial charge in [0.15, 0.2) is 5.78 Å². The lowest BCUT2D eigenvalue weighted by molar-refractivity contribution is 0.0696. The Bertz CT molecular complexity index is 695. The normalized spacial score (nSPS) is 10.5. The molecule has 0 saturated heterocycles. The highest BCUT2D eigenvalue weighted by molar-refractivity contribution is 6.07. The maximum Gasteiger partial charge on any atom is 0.335 e. The molecule has 104 valence electrons. The third kappa shape index (κ3) is 3.73. The molecule has 21 heavy (non-hydrogen) atoms. The van der Waals surface area contributed by atoms with Crippen LogP contribution in [0.1, 0.15) is 36.6 Å². The van der Waals surface area contributed by atoms with Crippen molar-refractivity contribution in [2.24, 2.45) is 0 Å². The van der Waals surface area contributed by atoms with Crippen LogP contribution in [0.15, 0.2) is 54.6 Å². The minimum Gasteiger partial charge on any atom is -0.478 e. The molecule has 2 aromatic carbocycles. The smallest absolute Gasteiger partial charge is 0.335 e. The molecule has 2 aromatic rings. The van der Waals surface area contributed by atoms with Crippen LogP contribution in [-0.4, -0.2) is 23.1 Å². The van der Waals surface area contributed by atoms with Crippen LogP contribution in [0.2, 0.25) is 0 Å². The lowest BCUT2D eigenvalue weighted by Gasteiger charge is -1.98. The predicted octanol–water partition coefficient (Wildman–Crippen LogP) is 3.09. The van der Waals surface area contributed by atoms with E-state index in [0.717, 1.165) is 11.8 Å². The summed E-state index contributed by atoms with van der Waals surface area (Å²) < 4.78 is 0. The largest absolute Gasteiger partial charge is 0.478 e. The number of benzene rings is 2. The first-order chi connectivity index (χ1) is 10.1. The van der Waals surface area contributed by atoms with E-state index in [1.807, 2.05) is 0 Å². The number of ketones is 1. The van der Waals surface area contributed by atoms with Gasteiger partial charge in [-0.15, -0.1) is 0 Å². The first-order valence-corrected chi connectivity index (χ1v) is 6.21. The first kappa shape index (κ1) is 14.4. The molecule has 0 saturated carbocycles. The molecule has 0 aliphatic rings. The molecule has 0 atom stereocenters. The summed E-state index contributed by atoms with van der Waals surface area (Å²) in [4.78, 5) is 33.2. The van der Waals surface area contributed by atoms with Gasteiger partial charge in [0.1, 0.15) is 6.29 Å². The standard InChI is InChI=1S/C17H12O4/c18-11-13-3-1-12(2-4-13)5-10-16(19)14-6-8-15(9-7-14)17(20)21/h1-11H,(H,20,21)/b10-5+. The van der Waals surface area contributed by atoms with Crippen molar-refractivity contribution in [3.63, 3.8) is 0 Å². The number of aldehydes is 1. The monoisotopic (exact) mass is 280 g/mol. The van der Waals surface area contributed by atoms with Crippen molar-refractivity contribution < 1.29 is 19.5 Å². The van der Waals surface area contributed by atoms with Crippen LogP contribution >= 0.6 is 0 Å². The summed E-state index contributed by atoms with van der Waals surface area (Å²) in [6.07, 6.45) is 3.80. The third-order valence-corrected chi connectivity index (χ3v) is 2.92. The molecule has 0 aliphatic carbocycles. The van der Waals surface area contributed by atoms with Gasteiger partial charge in [0.05, 0.1) is 5.56 Å². The summed E-state index contributed by atoms with van der Waals surface area (Å²) in [7, 11) is 0. The predicted molar refractivity (Wildman–Crippen MR) is 78.6 cm³/mol. The third-order valence-electron chi connectivity index (χ3n) is 2.92. The van der Waals surface area contributed by atoms with Gasteiger partial charge in [0.25, 0.3) is 0 Å². The molecule has 0 aromatic heterocycles. The minimum atomic E-state index is -1.03. The average molecular weight is 280 g/mol. The van der Waals surface area contributed by atoms with E-state index in [0.29, 0.717) is 11.1 Å². The van der Waals surface area contributed by atoms with Gasteiger partial charge in [-0.1, -0.05) is 42.5 Å². The van der Waals surface area contributed by atoms with Crippen LogP contribution in [-0.2, 0) is 0 Å². The van der Waals surface area contributed by atoms with E-state index in [-0.39, 0.29) is 11.3 Å². The Kier molecular flexibility index (Phi) is 4.41. The molecule has 0 amide bonds. The molecule has 4 heteroatoms. The molecule has 0 heterocycles. The van der Waals surface area contributed by atoms with Gasteiger partial charge < -0.3 is 5.11 Å². The molecule has 1 N–H and O–H groups in total. The highest BCUT2D eigenvalue weighted by Gasteiger charge is 2.05. The van der Waals surface area contributed by atoms with Crippen molar-refractivity contribution in [3.05, 3.63) is 76.9 Å². The van der Waals surface area contributed by atoms with E-state index in [2.05, 4.69) is 0 Å². The Morgan fingerprint density at radius 1 is 0.810 bits per heavy atom. The van der Waals surface area contributed by atoms with Gasteiger partial charge in [-0.05, 0) is 23.8 Å². The quantitative estimate of drug-likeness (QED) is 0.519. The van der Waals surface area contributed by atoms with Crippen molar-refractivity contribution in [2.45, 2.75) is 0 Å². The molecule has 2 rings (SSSR count). The molecule has 0 spiro atoms. The fourth-order valence-electron chi connectivity index (χ4n) is 1.73. The summed E-state index contributed by atoms with van der Waals surface area (Å²) in [5.74, 6) is -1.24. The van der Waals surface area contributed by atoms with Gasteiger partial charge in [-0.25, -0.2) is 4.79 Å². The van der Waals surface area contributed by atoms with Gasteiger partial charge in [0.2, 0.25) is 0 Å². The van der Waals surface area contributed by atoms with Crippen LogP contribution in [0, 0.1) is 0 Å². The zero-order valence-corrected chi connectivity index (χ0v) is 11.0. The summed E-state index contributed by atoms with van der Waals surface area (Å²) in [5, 5.41) is 8.79. The van der Waals surface area contributed by atoms with Crippen molar-refractivity contribution in [1.29, 1.82) is 0 Å². The summed E-state index contributed by atoms with van der Waals surface area (Å²) in [5.41, 5.74) is 1.93. The van der Waals surface area contributed by atoms with Crippen molar-refractivity contribution in [2.75, 3.05) is 0 Å². The molecule has 0 aliphatic heterocycles. The van der Waals surface area contributed by atoms with Crippen molar-refractivity contribution in [3.8, 4) is 0 Å². The van der Waals surface area contributed by atoms with E-state index in [1.54, 1.807) is 30.3 Å². The SMILES string of the molecule is O=Cc1ccc(/C=C/C(=O)c2ccc(C(=O)O)cc2)cc1. The number of carboxylic acids is 1. The van der Waals surface area contributed by atoms with E-state index < -0.39 is 5.97 Å². The summed E-state index contributed by atoms with van der Waals surface area (Å²) in [6.45, 7) is 0. The number of carbonyl (C=O) groups excluding carboxylic acids is 2. The van der Waals surface area contributed by atoms with Gasteiger partial charge in [-0.3, -0.25) is 9.59 Å². The summed E-state index contributed by atoms with van der Waals surface area (Å²) in [6, 6.07) is 12.5. The second-order valence-corrected chi connectivity index (χ2v) is 4.36. The molecular weight excluding hydrogens is 268 g/mol. The van der Waals surface area contributed by atoms with E-state index in [4.69, 9.17) is 5.11 Å². The molecular formula is C17H12O4. The zero-order valence-electron chi connectivity index (χ0n) is 11.0. The fourth-order valence-corrected chi connectivity index (χ4v) is 1.73. The number of rotatable bonds is 5. The molecule has 0 unspecified atom stereocenters. The van der Waals surface area contributed by atoms with E-state index >= 15 is 0 Å². The maximum absolute atomic E-state index is 11.9. The Morgan fingerprint density at radius 3 is 1.86 bits per heavy atom. The van der Waals surface area contributed by atoms with Crippen LogP contribution in [0.5, 0.6) is 0 Å². The van der Waals surface area contributed by atoms with Crippen LogP contribution < -0.4 is 0 Å². The lowest BCUT2D eigenvalue weighted by Crippen LogP contribution is -1.98. The topological polar surface area (TPSA) is 71.4 Å². The second-order valence-electron chi connectivity index (χ2n) is 4.36. The fraction of sp³-hybridized carbons (Fsp3) is 0. The van der Waals surface area contributed by atoms with Crippen molar-refractivity contribution in [1.82, 2.24) is 0 Å². The Balaban J connectivity index is 2.10. The lowest BCUT2D eigenvalue weighted by atomic mass is 10.1. The van der Waals surface area contributed by atoms with E-state index in [9.17, 15) is 14.4 Å². The van der Waals surface area contributed by atoms with Crippen LogP contribution in [0.25, 0.3) is 6.08 Å². The maximum atomic E-state index is 11.9. The van der Waals surface area contributed by atoms with Gasteiger partial charge in [-0.2, -0.15) is 0 Å². The number of carboxylic acid groups (broad SMARTS) is 1. The number of allylic oxidation sites excluding steroid dienone is 1.